The van der Waals surface area contributed by atoms with E-state index in [0.29, 0.717) is 19.1 Å². The first-order valence-corrected chi connectivity index (χ1v) is 8.96. The molecule has 0 fully saturated rings. The van der Waals surface area contributed by atoms with Crippen molar-refractivity contribution in [2.45, 2.75) is 39.7 Å². The molecule has 0 amide bonds. The van der Waals surface area contributed by atoms with Gasteiger partial charge in [0, 0.05) is 12.6 Å². The minimum atomic E-state index is 0.194. The molecule has 0 radical (unpaired) electrons. The van der Waals surface area contributed by atoms with Gasteiger partial charge in [-0.3, -0.25) is 0 Å². The highest BCUT2D eigenvalue weighted by Crippen LogP contribution is 2.35. The van der Waals surface area contributed by atoms with Crippen LogP contribution in [-0.2, 0) is 11.2 Å². The lowest BCUT2D eigenvalue weighted by molar-refractivity contribution is 0.0815. The summed E-state index contributed by atoms with van der Waals surface area (Å²) < 4.78 is 13.2. The van der Waals surface area contributed by atoms with Crippen LogP contribution in [0.25, 0.3) is 0 Å². The Labute approximate surface area is 144 Å². The van der Waals surface area contributed by atoms with E-state index in [-0.39, 0.29) is 6.04 Å². The molecule has 0 bridgehead atoms. The second-order valence-electron chi connectivity index (χ2n) is 5.58. The fraction of sp³-hybridized carbons (Fsp3) is 0.625. The molecule has 3 nitrogen and oxygen atoms in total. The lowest BCUT2D eigenvalue weighted by Gasteiger charge is -2.14. The Kier molecular flexibility index (Phi) is 8.86. The standard InChI is InChI=1S/C16H25Br2NO2/c1-4-13(19)7-12-8-14(17)16(15(18)9-12)21-6-5-20-10-11(2)3/h8-9,11,13H,4-7,10,19H2,1-3H3. The van der Waals surface area contributed by atoms with E-state index in [2.05, 4.69) is 64.8 Å². The Hall–Kier alpha value is -0.100. The van der Waals surface area contributed by atoms with Crippen molar-refractivity contribution < 1.29 is 9.47 Å². The summed E-state index contributed by atoms with van der Waals surface area (Å²) >= 11 is 7.13. The molecular formula is C16H25Br2NO2. The largest absolute Gasteiger partial charge is 0.489 e. The summed E-state index contributed by atoms with van der Waals surface area (Å²) in [5.41, 5.74) is 7.20. The Balaban J connectivity index is 2.55. The second-order valence-corrected chi connectivity index (χ2v) is 7.29. The van der Waals surface area contributed by atoms with Crippen molar-refractivity contribution in [3.63, 3.8) is 0 Å². The molecule has 0 saturated heterocycles. The molecule has 1 unspecified atom stereocenters. The zero-order valence-electron chi connectivity index (χ0n) is 13.0. The van der Waals surface area contributed by atoms with E-state index in [0.717, 1.165) is 34.1 Å². The summed E-state index contributed by atoms with van der Waals surface area (Å²) in [6, 6.07) is 4.34. The number of benzene rings is 1. The van der Waals surface area contributed by atoms with Gasteiger partial charge in [-0.25, -0.2) is 0 Å². The number of nitrogens with two attached hydrogens (primary N) is 1. The summed E-state index contributed by atoms with van der Waals surface area (Å²) in [6.45, 7) is 8.27. The average molecular weight is 423 g/mol. The minimum absolute atomic E-state index is 0.194. The third-order valence-electron chi connectivity index (χ3n) is 3.01. The minimum Gasteiger partial charge on any atom is -0.489 e. The van der Waals surface area contributed by atoms with Crippen LogP contribution in [0.5, 0.6) is 5.75 Å². The molecule has 0 saturated carbocycles. The smallest absolute Gasteiger partial charge is 0.147 e. The van der Waals surface area contributed by atoms with Gasteiger partial charge in [-0.05, 0) is 68.3 Å². The van der Waals surface area contributed by atoms with Gasteiger partial charge in [0.15, 0.2) is 0 Å². The Bertz CT molecular complexity index is 415. The van der Waals surface area contributed by atoms with E-state index in [1.807, 2.05) is 0 Å². The molecule has 0 heterocycles. The summed E-state index contributed by atoms with van der Waals surface area (Å²) in [4.78, 5) is 0. The lowest BCUT2D eigenvalue weighted by atomic mass is 10.0. The Morgan fingerprint density at radius 1 is 1.14 bits per heavy atom. The number of hydrogen-bond acceptors (Lipinski definition) is 3. The Morgan fingerprint density at radius 3 is 2.29 bits per heavy atom. The van der Waals surface area contributed by atoms with Crippen molar-refractivity contribution in [1.82, 2.24) is 0 Å². The summed E-state index contributed by atoms with van der Waals surface area (Å²) in [7, 11) is 0. The van der Waals surface area contributed by atoms with Gasteiger partial charge in [0.25, 0.3) is 0 Å². The molecule has 1 aromatic rings. The van der Waals surface area contributed by atoms with Gasteiger partial charge >= 0.3 is 0 Å². The average Bonchev–Trinajstić information content (AvgIpc) is 2.40. The molecule has 120 valence electrons. The highest BCUT2D eigenvalue weighted by atomic mass is 79.9. The third kappa shape index (κ3) is 7.13. The normalized spacial score (nSPS) is 12.7. The maximum absolute atomic E-state index is 6.00. The van der Waals surface area contributed by atoms with Crippen LogP contribution in [0.4, 0.5) is 0 Å². The highest BCUT2D eigenvalue weighted by Gasteiger charge is 2.11. The molecule has 0 aliphatic heterocycles. The van der Waals surface area contributed by atoms with Crippen molar-refractivity contribution in [1.29, 1.82) is 0 Å². The van der Waals surface area contributed by atoms with Crippen LogP contribution in [0.2, 0.25) is 0 Å². The van der Waals surface area contributed by atoms with E-state index < -0.39 is 0 Å². The molecular weight excluding hydrogens is 398 g/mol. The van der Waals surface area contributed by atoms with E-state index in [4.69, 9.17) is 15.2 Å². The van der Waals surface area contributed by atoms with Crippen LogP contribution < -0.4 is 10.5 Å². The third-order valence-corrected chi connectivity index (χ3v) is 4.18. The molecule has 1 atom stereocenters. The fourth-order valence-corrected chi connectivity index (χ4v) is 3.35. The van der Waals surface area contributed by atoms with Gasteiger partial charge in [0.1, 0.15) is 12.4 Å². The highest BCUT2D eigenvalue weighted by molar-refractivity contribution is 9.11. The van der Waals surface area contributed by atoms with Crippen molar-refractivity contribution in [2.24, 2.45) is 11.7 Å². The number of ether oxygens (including phenoxy) is 2. The zero-order valence-corrected chi connectivity index (χ0v) is 16.2. The first-order chi connectivity index (χ1) is 9.93. The molecule has 2 N–H and O–H groups in total. The van der Waals surface area contributed by atoms with E-state index >= 15 is 0 Å². The summed E-state index contributed by atoms with van der Waals surface area (Å²) in [5.74, 6) is 1.36. The van der Waals surface area contributed by atoms with Crippen molar-refractivity contribution >= 4 is 31.9 Å². The maximum Gasteiger partial charge on any atom is 0.147 e. The van der Waals surface area contributed by atoms with Crippen LogP contribution in [0.3, 0.4) is 0 Å². The molecule has 0 spiro atoms. The predicted octanol–water partition coefficient (Wildman–Crippen LogP) is 4.54. The number of rotatable bonds is 9. The van der Waals surface area contributed by atoms with E-state index in [9.17, 15) is 0 Å². The van der Waals surface area contributed by atoms with Gasteiger partial charge in [-0.1, -0.05) is 20.8 Å². The van der Waals surface area contributed by atoms with Gasteiger partial charge in [-0.15, -0.1) is 0 Å². The van der Waals surface area contributed by atoms with Crippen LogP contribution in [0, 0.1) is 5.92 Å². The second kappa shape index (κ2) is 9.82. The van der Waals surface area contributed by atoms with Crippen LogP contribution >= 0.6 is 31.9 Å². The van der Waals surface area contributed by atoms with Gasteiger partial charge < -0.3 is 15.2 Å². The molecule has 0 aliphatic carbocycles. The fourth-order valence-electron chi connectivity index (χ4n) is 1.84. The van der Waals surface area contributed by atoms with Crippen LogP contribution in [-0.4, -0.2) is 25.9 Å². The topological polar surface area (TPSA) is 44.5 Å². The van der Waals surface area contributed by atoms with Crippen molar-refractivity contribution in [2.75, 3.05) is 19.8 Å². The number of hydrogen-bond donors (Lipinski definition) is 1. The molecule has 0 aliphatic rings. The quantitative estimate of drug-likeness (QED) is 0.594. The summed E-state index contributed by atoms with van der Waals surface area (Å²) in [5, 5.41) is 0. The predicted molar refractivity (Wildman–Crippen MR) is 95.0 cm³/mol. The molecule has 0 aromatic heterocycles. The van der Waals surface area contributed by atoms with E-state index in [1.165, 1.54) is 5.56 Å². The molecule has 5 heteroatoms. The molecule has 21 heavy (non-hydrogen) atoms. The first kappa shape index (κ1) is 18.9. The monoisotopic (exact) mass is 421 g/mol. The van der Waals surface area contributed by atoms with Crippen LogP contribution in [0.1, 0.15) is 32.8 Å². The Morgan fingerprint density at radius 2 is 1.76 bits per heavy atom. The lowest BCUT2D eigenvalue weighted by Crippen LogP contribution is -2.21. The van der Waals surface area contributed by atoms with Crippen LogP contribution in [0.15, 0.2) is 21.1 Å². The zero-order chi connectivity index (χ0) is 15.8. The summed E-state index contributed by atoms with van der Waals surface area (Å²) in [6.07, 6.45) is 1.84. The van der Waals surface area contributed by atoms with E-state index in [1.54, 1.807) is 0 Å². The number of halogens is 2. The van der Waals surface area contributed by atoms with Gasteiger partial charge in [0.2, 0.25) is 0 Å². The molecule has 1 rings (SSSR count). The van der Waals surface area contributed by atoms with Gasteiger partial charge in [-0.2, -0.15) is 0 Å². The molecule has 1 aromatic carbocycles. The first-order valence-electron chi connectivity index (χ1n) is 7.38. The maximum atomic E-state index is 6.00. The van der Waals surface area contributed by atoms with Crippen molar-refractivity contribution in [3.05, 3.63) is 26.6 Å². The van der Waals surface area contributed by atoms with Gasteiger partial charge in [0.05, 0.1) is 15.6 Å². The SMILES string of the molecule is CCC(N)Cc1cc(Br)c(OCCOCC(C)C)c(Br)c1. The van der Waals surface area contributed by atoms with Crippen molar-refractivity contribution in [3.8, 4) is 5.75 Å².